The zero-order valence-corrected chi connectivity index (χ0v) is 12.4. The molecule has 3 heteroatoms. The quantitative estimate of drug-likeness (QED) is 0.516. The number of benzene rings is 2. The highest BCUT2D eigenvalue weighted by Crippen LogP contribution is 2.15. The van der Waals surface area contributed by atoms with E-state index in [2.05, 4.69) is 5.32 Å². The lowest BCUT2D eigenvalue weighted by Gasteiger charge is -2.10. The van der Waals surface area contributed by atoms with Crippen LogP contribution < -0.4 is 5.32 Å². The minimum atomic E-state index is -0.702. The van der Waals surface area contributed by atoms with E-state index in [-0.39, 0.29) is 11.1 Å². The molecule has 0 atom stereocenters. The Kier molecular flexibility index (Phi) is 3.39. The molecular formula is C19H19NO2. The van der Waals surface area contributed by atoms with Gasteiger partial charge in [0.05, 0.1) is 12.4 Å². The van der Waals surface area contributed by atoms with Gasteiger partial charge in [0, 0.05) is 11.6 Å². The average Bonchev–Trinajstić information content (AvgIpc) is 2.65. The van der Waals surface area contributed by atoms with Crippen LogP contribution in [0.2, 0.25) is 0 Å². The Morgan fingerprint density at radius 3 is 2.32 bits per heavy atom. The lowest BCUT2D eigenvalue weighted by molar-refractivity contribution is -0.121. The van der Waals surface area contributed by atoms with Gasteiger partial charge >= 0.3 is 0 Å². The Morgan fingerprint density at radius 2 is 1.73 bits per heavy atom. The van der Waals surface area contributed by atoms with Gasteiger partial charge in [-0.05, 0) is 23.8 Å². The number of amides is 1. The van der Waals surface area contributed by atoms with Crippen LogP contribution in [0.25, 0.3) is 6.08 Å². The third-order valence-corrected chi connectivity index (χ3v) is 2.87. The van der Waals surface area contributed by atoms with Gasteiger partial charge in [-0.25, -0.2) is 0 Å². The summed E-state index contributed by atoms with van der Waals surface area (Å²) in [5.74, 6) is -1.70. The summed E-state index contributed by atoms with van der Waals surface area (Å²) >= 11 is 0. The molecule has 2 rings (SSSR count). The summed E-state index contributed by atoms with van der Waals surface area (Å²) in [4.78, 5) is 25.2. The monoisotopic (exact) mass is 298 g/mol. The van der Waals surface area contributed by atoms with Crippen molar-refractivity contribution in [2.45, 2.75) is 13.8 Å². The molecule has 0 spiro atoms. The Morgan fingerprint density at radius 1 is 1.09 bits per heavy atom. The summed E-state index contributed by atoms with van der Waals surface area (Å²) in [6.07, 6.45) is 1.07. The molecule has 112 valence electrons. The second kappa shape index (κ2) is 7.36. The molecule has 0 radical (unpaired) electrons. The first-order valence-electron chi connectivity index (χ1n) is 9.34. The van der Waals surface area contributed by atoms with Crippen molar-refractivity contribution in [1.82, 2.24) is 0 Å². The number of carbonyl (C=O) groups excluding carboxylic acids is 2. The van der Waals surface area contributed by atoms with Crippen molar-refractivity contribution in [3.63, 3.8) is 0 Å². The van der Waals surface area contributed by atoms with Crippen LogP contribution in [0.3, 0.4) is 0 Å². The van der Waals surface area contributed by atoms with Crippen molar-refractivity contribution in [3.05, 3.63) is 71.7 Å². The van der Waals surface area contributed by atoms with Crippen LogP contribution in [0.1, 0.15) is 26.3 Å². The number of anilines is 1. The predicted octanol–water partition coefficient (Wildman–Crippen LogP) is 3.93. The van der Waals surface area contributed by atoms with Gasteiger partial charge in [0.2, 0.25) is 0 Å². The number of hydrogen-bond acceptors (Lipinski definition) is 2. The average molecular weight is 298 g/mol. The molecule has 3 nitrogen and oxygen atoms in total. The molecule has 0 heterocycles. The van der Waals surface area contributed by atoms with E-state index in [1.807, 2.05) is 0 Å². The summed E-state index contributed by atoms with van der Waals surface area (Å²) in [5, 5.41) is 2.60. The van der Waals surface area contributed by atoms with Crippen molar-refractivity contribution >= 4 is 23.5 Å². The maximum Gasteiger partial charge on any atom is 0.259 e. The number of para-hydroxylation sites is 1. The lowest BCUT2D eigenvalue weighted by Crippen LogP contribution is -2.23. The van der Waals surface area contributed by atoms with Crippen molar-refractivity contribution in [2.75, 3.05) is 5.32 Å². The second-order valence-electron chi connectivity index (χ2n) is 4.94. The SMILES string of the molecule is [2H]c1c([2H])c([2H])c(/C=C(/C(=O)Nc2ccccc2)C(=O)C(C)C)c([2H])c1[2H]. The molecule has 0 fully saturated rings. The van der Waals surface area contributed by atoms with Crippen LogP contribution in [0.5, 0.6) is 0 Å². The minimum Gasteiger partial charge on any atom is -0.322 e. The third kappa shape index (κ3) is 4.16. The fourth-order valence-electron chi connectivity index (χ4n) is 1.76. The Bertz CT molecular complexity index is 894. The van der Waals surface area contributed by atoms with Gasteiger partial charge in [0.1, 0.15) is 0 Å². The molecule has 0 saturated heterocycles. The van der Waals surface area contributed by atoms with E-state index in [0.717, 1.165) is 6.08 Å². The molecule has 1 N–H and O–H groups in total. The predicted molar refractivity (Wildman–Crippen MR) is 89.3 cm³/mol. The number of hydrogen-bond donors (Lipinski definition) is 1. The van der Waals surface area contributed by atoms with E-state index in [4.69, 9.17) is 6.85 Å². The molecule has 0 aromatic heterocycles. The first-order valence-corrected chi connectivity index (χ1v) is 6.84. The summed E-state index contributed by atoms with van der Waals surface area (Å²) in [5.41, 5.74) is 0.00612. The highest BCUT2D eigenvalue weighted by atomic mass is 16.2. The highest BCUT2D eigenvalue weighted by molar-refractivity contribution is 6.26. The normalized spacial score (nSPS) is 14.5. The molecule has 0 aliphatic rings. The summed E-state index contributed by atoms with van der Waals surface area (Å²) in [6.45, 7) is 3.24. The van der Waals surface area contributed by atoms with Crippen molar-refractivity contribution < 1.29 is 16.4 Å². The summed E-state index contributed by atoms with van der Waals surface area (Å²) in [6, 6.07) is 6.00. The maximum absolute atomic E-state index is 12.7. The van der Waals surface area contributed by atoms with Crippen LogP contribution >= 0.6 is 0 Å². The Hall–Kier alpha value is -2.68. The van der Waals surface area contributed by atoms with E-state index in [9.17, 15) is 9.59 Å². The van der Waals surface area contributed by atoms with Gasteiger partial charge in [-0.2, -0.15) is 0 Å². The topological polar surface area (TPSA) is 46.2 Å². The molecule has 0 bridgehead atoms. The minimum absolute atomic E-state index is 0.201. The molecule has 2 aromatic rings. The van der Waals surface area contributed by atoms with Crippen LogP contribution in [-0.2, 0) is 9.59 Å². The molecule has 1 amide bonds. The van der Waals surface area contributed by atoms with Crippen molar-refractivity contribution in [1.29, 1.82) is 0 Å². The number of rotatable bonds is 5. The first-order chi connectivity index (χ1) is 12.6. The number of Topliss-reactive ketones (excluding diaryl/α,β-unsaturated/α-hetero) is 1. The molecular weight excluding hydrogens is 274 g/mol. The summed E-state index contributed by atoms with van der Waals surface area (Å²) in [7, 11) is 0. The van der Waals surface area contributed by atoms with E-state index in [0.29, 0.717) is 5.69 Å². The van der Waals surface area contributed by atoms with Crippen LogP contribution in [-0.4, -0.2) is 11.7 Å². The molecule has 0 unspecified atom stereocenters. The number of nitrogens with one attached hydrogen (secondary N) is 1. The molecule has 0 aliphatic heterocycles. The van der Waals surface area contributed by atoms with E-state index < -0.39 is 47.8 Å². The summed E-state index contributed by atoms with van der Waals surface area (Å²) < 4.78 is 39.1. The fraction of sp³-hybridized carbons (Fsp3) is 0.158. The third-order valence-electron chi connectivity index (χ3n) is 2.87. The van der Waals surface area contributed by atoms with Crippen molar-refractivity contribution in [3.8, 4) is 0 Å². The van der Waals surface area contributed by atoms with Gasteiger partial charge in [0.15, 0.2) is 5.78 Å². The highest BCUT2D eigenvalue weighted by Gasteiger charge is 2.21. The van der Waals surface area contributed by atoms with E-state index >= 15 is 0 Å². The number of carbonyl (C=O) groups is 2. The Labute approximate surface area is 137 Å². The molecule has 0 saturated carbocycles. The van der Waals surface area contributed by atoms with Gasteiger partial charge in [-0.1, -0.05) is 62.3 Å². The zero-order chi connectivity index (χ0) is 20.3. The smallest absolute Gasteiger partial charge is 0.259 e. The maximum atomic E-state index is 12.7. The van der Waals surface area contributed by atoms with Crippen molar-refractivity contribution in [2.24, 2.45) is 5.92 Å². The standard InChI is InChI=1S/C19H19NO2/c1-14(2)18(21)17(13-15-9-5-3-6-10-15)19(22)20-16-11-7-4-8-12-16/h3-14H,1-2H3,(H,20,22)/b17-13+/i3D,5D,6D,9D,10D. The van der Waals surface area contributed by atoms with Gasteiger partial charge in [0.25, 0.3) is 5.91 Å². The first kappa shape index (κ1) is 10.1. The van der Waals surface area contributed by atoms with Gasteiger partial charge in [-0.15, -0.1) is 0 Å². The zero-order valence-electron chi connectivity index (χ0n) is 17.4. The van der Waals surface area contributed by atoms with Crippen LogP contribution in [0.4, 0.5) is 5.69 Å². The van der Waals surface area contributed by atoms with E-state index in [1.165, 1.54) is 0 Å². The lowest BCUT2D eigenvalue weighted by atomic mass is 9.98. The van der Waals surface area contributed by atoms with Crippen LogP contribution in [0, 0.1) is 5.92 Å². The Balaban J connectivity index is 2.59. The van der Waals surface area contributed by atoms with Gasteiger partial charge < -0.3 is 5.32 Å². The van der Waals surface area contributed by atoms with E-state index in [1.54, 1.807) is 44.2 Å². The fourth-order valence-corrected chi connectivity index (χ4v) is 1.76. The second-order valence-corrected chi connectivity index (χ2v) is 4.94. The molecule has 2 aromatic carbocycles. The number of ketones is 1. The largest absolute Gasteiger partial charge is 0.322 e. The van der Waals surface area contributed by atoms with Gasteiger partial charge in [-0.3, -0.25) is 9.59 Å². The van der Waals surface area contributed by atoms with Crippen LogP contribution in [0.15, 0.2) is 66.1 Å². The molecule has 0 aliphatic carbocycles. The molecule has 22 heavy (non-hydrogen) atoms.